The third-order valence-electron chi connectivity index (χ3n) is 3.19. The lowest BCUT2D eigenvalue weighted by atomic mass is 9.91. The van der Waals surface area contributed by atoms with Crippen LogP contribution in [0.25, 0.3) is 0 Å². The summed E-state index contributed by atoms with van der Waals surface area (Å²) in [5, 5.41) is 3.51. The van der Waals surface area contributed by atoms with E-state index >= 15 is 0 Å². The molecule has 0 radical (unpaired) electrons. The Morgan fingerprint density at radius 1 is 1.43 bits per heavy atom. The first-order valence-corrected chi connectivity index (χ1v) is 5.34. The average Bonchev–Trinajstić information content (AvgIpc) is 2.59. The Hall–Kier alpha value is -1.02. The van der Waals surface area contributed by atoms with Gasteiger partial charge in [0.1, 0.15) is 5.75 Å². The molecule has 0 aromatic heterocycles. The lowest BCUT2D eigenvalue weighted by molar-refractivity contribution is 0.287. The number of benzene rings is 1. The monoisotopic (exact) mass is 189 g/mol. The van der Waals surface area contributed by atoms with Crippen LogP contribution in [-0.2, 0) is 6.42 Å². The van der Waals surface area contributed by atoms with Crippen molar-refractivity contribution in [2.45, 2.75) is 31.8 Å². The van der Waals surface area contributed by atoms with E-state index in [9.17, 15) is 0 Å². The molecule has 14 heavy (non-hydrogen) atoms. The largest absolute Gasteiger partial charge is 0.493 e. The molecule has 1 N–H and O–H groups in total. The Labute approximate surface area is 84.3 Å². The maximum atomic E-state index is 5.49. The molecule has 1 aromatic rings. The molecule has 2 aliphatic heterocycles. The Kier molecular flexibility index (Phi) is 1.77. The lowest BCUT2D eigenvalue weighted by Crippen LogP contribution is -2.43. The van der Waals surface area contributed by atoms with Crippen molar-refractivity contribution in [1.29, 1.82) is 0 Å². The first-order valence-electron chi connectivity index (χ1n) is 5.34. The molecule has 0 spiro atoms. The van der Waals surface area contributed by atoms with Gasteiger partial charge in [0.05, 0.1) is 6.61 Å². The van der Waals surface area contributed by atoms with Crippen molar-refractivity contribution in [3.63, 3.8) is 0 Å². The number of rotatable bonds is 1. The van der Waals surface area contributed by atoms with E-state index in [-0.39, 0.29) is 0 Å². The summed E-state index contributed by atoms with van der Waals surface area (Å²) in [6, 6.07) is 7.86. The van der Waals surface area contributed by atoms with Crippen LogP contribution < -0.4 is 10.1 Å². The van der Waals surface area contributed by atoms with Gasteiger partial charge in [0.25, 0.3) is 0 Å². The van der Waals surface area contributed by atoms with Gasteiger partial charge in [0.15, 0.2) is 0 Å². The molecule has 2 unspecified atom stereocenters. The van der Waals surface area contributed by atoms with Crippen molar-refractivity contribution >= 4 is 0 Å². The topological polar surface area (TPSA) is 21.3 Å². The Bertz CT molecular complexity index is 355. The van der Waals surface area contributed by atoms with E-state index in [1.807, 2.05) is 0 Å². The van der Waals surface area contributed by atoms with Crippen LogP contribution in [0.2, 0.25) is 0 Å². The number of hydrogen-bond donors (Lipinski definition) is 1. The quantitative estimate of drug-likeness (QED) is 0.730. The second-order valence-electron chi connectivity index (χ2n) is 4.32. The molecule has 74 valence electrons. The van der Waals surface area contributed by atoms with Crippen molar-refractivity contribution < 1.29 is 4.74 Å². The molecule has 2 nitrogen and oxygen atoms in total. The summed E-state index contributed by atoms with van der Waals surface area (Å²) in [5.41, 5.74) is 2.80. The Morgan fingerprint density at radius 2 is 2.29 bits per heavy atom. The van der Waals surface area contributed by atoms with Crippen LogP contribution in [0.4, 0.5) is 0 Å². The zero-order valence-electron chi connectivity index (χ0n) is 8.42. The molecule has 3 rings (SSSR count). The van der Waals surface area contributed by atoms with Crippen molar-refractivity contribution in [2.75, 3.05) is 6.61 Å². The highest BCUT2D eigenvalue weighted by Crippen LogP contribution is 2.32. The van der Waals surface area contributed by atoms with E-state index in [1.165, 1.54) is 17.5 Å². The smallest absolute Gasteiger partial charge is 0.122 e. The van der Waals surface area contributed by atoms with E-state index in [0.29, 0.717) is 12.1 Å². The highest BCUT2D eigenvalue weighted by Gasteiger charge is 2.26. The zero-order chi connectivity index (χ0) is 9.54. The highest BCUT2D eigenvalue weighted by atomic mass is 16.5. The van der Waals surface area contributed by atoms with Crippen LogP contribution >= 0.6 is 0 Å². The maximum absolute atomic E-state index is 5.49. The second-order valence-corrected chi connectivity index (χ2v) is 4.32. The summed E-state index contributed by atoms with van der Waals surface area (Å²) in [4.78, 5) is 0. The van der Waals surface area contributed by atoms with Crippen molar-refractivity contribution in [2.24, 2.45) is 0 Å². The SMILES string of the molecule is CC1CC(c2ccc3c(c2)CCO3)N1. The number of ether oxygens (including phenoxy) is 1. The zero-order valence-corrected chi connectivity index (χ0v) is 8.42. The third kappa shape index (κ3) is 1.22. The van der Waals surface area contributed by atoms with Crippen LogP contribution in [0.1, 0.15) is 30.5 Å². The first kappa shape index (κ1) is 8.30. The number of hydrogen-bond acceptors (Lipinski definition) is 2. The summed E-state index contributed by atoms with van der Waals surface area (Å²) in [6.07, 6.45) is 2.34. The minimum absolute atomic E-state index is 0.580. The van der Waals surface area contributed by atoms with Crippen LogP contribution in [0.5, 0.6) is 5.75 Å². The number of fused-ring (bicyclic) bond motifs is 1. The molecule has 2 atom stereocenters. The summed E-state index contributed by atoms with van der Waals surface area (Å²) >= 11 is 0. The van der Waals surface area contributed by atoms with Crippen LogP contribution in [-0.4, -0.2) is 12.6 Å². The molecule has 1 aromatic carbocycles. The fourth-order valence-corrected chi connectivity index (χ4v) is 2.33. The summed E-state index contributed by atoms with van der Waals surface area (Å²) in [5.74, 6) is 1.08. The van der Waals surface area contributed by atoms with Crippen molar-refractivity contribution in [3.8, 4) is 5.75 Å². The van der Waals surface area contributed by atoms with Gasteiger partial charge in [-0.15, -0.1) is 0 Å². The summed E-state index contributed by atoms with van der Waals surface area (Å²) < 4.78 is 5.49. The summed E-state index contributed by atoms with van der Waals surface area (Å²) in [6.45, 7) is 3.08. The molecule has 2 aliphatic rings. The molecule has 0 amide bonds. The van der Waals surface area contributed by atoms with Gasteiger partial charge in [0.2, 0.25) is 0 Å². The van der Waals surface area contributed by atoms with Gasteiger partial charge in [-0.1, -0.05) is 12.1 Å². The van der Waals surface area contributed by atoms with Gasteiger partial charge in [-0.2, -0.15) is 0 Å². The van der Waals surface area contributed by atoms with E-state index < -0.39 is 0 Å². The fraction of sp³-hybridized carbons (Fsp3) is 0.500. The molecule has 2 heterocycles. The molecule has 1 fully saturated rings. The molecule has 0 aliphatic carbocycles. The van der Waals surface area contributed by atoms with Gasteiger partial charge >= 0.3 is 0 Å². The highest BCUT2D eigenvalue weighted by molar-refractivity contribution is 5.41. The minimum Gasteiger partial charge on any atom is -0.493 e. The van der Waals surface area contributed by atoms with Crippen LogP contribution in [0.15, 0.2) is 18.2 Å². The Morgan fingerprint density at radius 3 is 3.07 bits per heavy atom. The van der Waals surface area contributed by atoms with E-state index in [1.54, 1.807) is 0 Å². The second kappa shape index (κ2) is 2.99. The molecule has 0 bridgehead atoms. The van der Waals surface area contributed by atoms with Gasteiger partial charge in [0, 0.05) is 18.5 Å². The van der Waals surface area contributed by atoms with Crippen LogP contribution in [0.3, 0.4) is 0 Å². The average molecular weight is 189 g/mol. The predicted octanol–water partition coefficient (Wildman–Crippen LogP) is 2.04. The van der Waals surface area contributed by atoms with Gasteiger partial charge in [-0.3, -0.25) is 0 Å². The normalized spacial score (nSPS) is 29.2. The van der Waals surface area contributed by atoms with Gasteiger partial charge in [-0.05, 0) is 30.5 Å². The van der Waals surface area contributed by atoms with E-state index in [4.69, 9.17) is 4.74 Å². The molecule has 0 saturated carbocycles. The van der Waals surface area contributed by atoms with Gasteiger partial charge < -0.3 is 10.1 Å². The first-order chi connectivity index (χ1) is 6.83. The number of nitrogens with one attached hydrogen (secondary N) is 1. The predicted molar refractivity (Wildman–Crippen MR) is 55.6 cm³/mol. The Balaban J connectivity index is 1.86. The van der Waals surface area contributed by atoms with Crippen molar-refractivity contribution in [1.82, 2.24) is 5.32 Å². The lowest BCUT2D eigenvalue weighted by Gasteiger charge is -2.35. The van der Waals surface area contributed by atoms with E-state index in [2.05, 4.69) is 30.4 Å². The van der Waals surface area contributed by atoms with Gasteiger partial charge in [-0.25, -0.2) is 0 Å². The third-order valence-corrected chi connectivity index (χ3v) is 3.19. The van der Waals surface area contributed by atoms with Crippen molar-refractivity contribution in [3.05, 3.63) is 29.3 Å². The molecule has 1 saturated heterocycles. The molecule has 2 heteroatoms. The standard InChI is InChI=1S/C12H15NO/c1-8-6-11(13-8)9-2-3-12-10(7-9)4-5-14-12/h2-3,7-8,11,13H,4-6H2,1H3. The van der Waals surface area contributed by atoms with E-state index in [0.717, 1.165) is 18.8 Å². The maximum Gasteiger partial charge on any atom is 0.122 e. The minimum atomic E-state index is 0.580. The summed E-state index contributed by atoms with van der Waals surface area (Å²) in [7, 11) is 0. The fourth-order valence-electron chi connectivity index (χ4n) is 2.33. The molecular formula is C12H15NO. The van der Waals surface area contributed by atoms with Crippen LogP contribution in [0, 0.1) is 0 Å². The molecular weight excluding hydrogens is 174 g/mol.